The van der Waals surface area contributed by atoms with Gasteiger partial charge in [-0.1, -0.05) is 0 Å². The van der Waals surface area contributed by atoms with Gasteiger partial charge in [0.05, 0.1) is 19.8 Å². The molecule has 0 bridgehead atoms. The molecule has 5 aliphatic heterocycles. The number of imide groups is 1. The molecule has 3 fully saturated rings. The third kappa shape index (κ3) is 7.24. The highest BCUT2D eigenvalue weighted by atomic mass is 16.5. The summed E-state index contributed by atoms with van der Waals surface area (Å²) in [6, 6.07) is 9.64. The van der Waals surface area contributed by atoms with Gasteiger partial charge in [0.2, 0.25) is 11.8 Å². The summed E-state index contributed by atoms with van der Waals surface area (Å²) in [6.07, 6.45) is 6.75. The number of piperidine rings is 2. The molecule has 0 spiro atoms. The number of hydrogen-bond acceptors (Lipinski definition) is 10. The Morgan fingerprint density at radius 3 is 2.28 bits per heavy atom. The molecule has 3 amide bonds. The summed E-state index contributed by atoms with van der Waals surface area (Å²) in [4.78, 5) is 61.7. The molecular formula is C41H51N7O6. The number of hydrogen-bond donors (Lipinski definition) is 3. The van der Waals surface area contributed by atoms with Crippen LogP contribution >= 0.6 is 0 Å². The highest BCUT2D eigenvalue weighted by molar-refractivity contribution is 6.05. The van der Waals surface area contributed by atoms with E-state index in [2.05, 4.69) is 48.5 Å². The van der Waals surface area contributed by atoms with E-state index in [0.717, 1.165) is 129 Å². The number of H-pyrrole nitrogens is 1. The number of aromatic amines is 1. The summed E-state index contributed by atoms with van der Waals surface area (Å²) in [5.41, 5.74) is 7.68. The quantitative estimate of drug-likeness (QED) is 0.267. The molecule has 6 heterocycles. The first-order valence-electron chi connectivity index (χ1n) is 19.5. The van der Waals surface area contributed by atoms with Crippen LogP contribution in [0.3, 0.4) is 0 Å². The molecule has 13 heteroatoms. The van der Waals surface area contributed by atoms with Gasteiger partial charge in [0.1, 0.15) is 17.5 Å². The van der Waals surface area contributed by atoms with E-state index in [1.165, 1.54) is 6.42 Å². The smallest absolute Gasteiger partial charge is 0.255 e. The van der Waals surface area contributed by atoms with Gasteiger partial charge in [0.15, 0.2) is 0 Å². The number of amides is 3. The number of piperazine rings is 1. The minimum Gasteiger partial charge on any atom is -0.496 e. The van der Waals surface area contributed by atoms with E-state index >= 15 is 0 Å². The van der Waals surface area contributed by atoms with E-state index in [1.54, 1.807) is 19.1 Å². The molecule has 3 aromatic rings. The van der Waals surface area contributed by atoms with Crippen molar-refractivity contribution in [3.05, 3.63) is 74.7 Å². The van der Waals surface area contributed by atoms with Crippen LogP contribution in [0, 0.1) is 5.92 Å². The number of carbonyl (C=O) groups excluding carboxylic acids is 3. The second-order valence-corrected chi connectivity index (χ2v) is 15.4. The first kappa shape index (κ1) is 36.3. The molecule has 3 saturated heterocycles. The molecule has 1 unspecified atom stereocenters. The van der Waals surface area contributed by atoms with Crippen molar-refractivity contribution in [3.8, 4) is 22.6 Å². The number of rotatable bonds is 10. The van der Waals surface area contributed by atoms with Crippen molar-refractivity contribution < 1.29 is 23.9 Å². The van der Waals surface area contributed by atoms with Crippen molar-refractivity contribution in [1.29, 1.82) is 0 Å². The molecule has 0 aliphatic carbocycles. The number of nitrogens with one attached hydrogen (secondary N) is 3. The minimum atomic E-state index is -0.589. The van der Waals surface area contributed by atoms with Gasteiger partial charge in [0, 0.05) is 93.9 Å². The Morgan fingerprint density at radius 2 is 1.56 bits per heavy atom. The number of ether oxygens (including phenoxy) is 2. The molecule has 54 heavy (non-hydrogen) atoms. The first-order chi connectivity index (χ1) is 26.3. The third-order valence-electron chi connectivity index (χ3n) is 12.3. The number of anilines is 1. The topological polar surface area (TPSA) is 140 Å². The monoisotopic (exact) mass is 737 g/mol. The van der Waals surface area contributed by atoms with Crippen LogP contribution in [0.4, 0.5) is 5.69 Å². The predicted molar refractivity (Wildman–Crippen MR) is 205 cm³/mol. The summed E-state index contributed by atoms with van der Waals surface area (Å²) in [7, 11) is 3.42. The summed E-state index contributed by atoms with van der Waals surface area (Å²) >= 11 is 0. The zero-order valence-electron chi connectivity index (χ0n) is 31.4. The zero-order valence-corrected chi connectivity index (χ0v) is 31.4. The molecule has 0 saturated carbocycles. The number of benzene rings is 2. The average molecular weight is 738 g/mol. The molecular weight excluding hydrogens is 686 g/mol. The van der Waals surface area contributed by atoms with Crippen LogP contribution < -0.4 is 30.6 Å². The fourth-order valence-electron chi connectivity index (χ4n) is 9.06. The third-order valence-corrected chi connectivity index (χ3v) is 12.3. The van der Waals surface area contributed by atoms with Crippen molar-refractivity contribution in [2.24, 2.45) is 5.92 Å². The number of methoxy groups -OCH3 is 2. The Morgan fingerprint density at radius 1 is 0.815 bits per heavy atom. The molecule has 5 aliphatic rings. The molecule has 8 rings (SSSR count). The average Bonchev–Trinajstić information content (AvgIpc) is 3.52. The molecule has 3 N–H and O–H groups in total. The summed E-state index contributed by atoms with van der Waals surface area (Å²) in [5, 5.41) is 5.69. The number of aromatic nitrogens is 1. The first-order valence-corrected chi connectivity index (χ1v) is 19.5. The second-order valence-electron chi connectivity index (χ2n) is 15.4. The molecule has 1 atom stereocenters. The van der Waals surface area contributed by atoms with Gasteiger partial charge in [-0.2, -0.15) is 0 Å². The summed E-state index contributed by atoms with van der Waals surface area (Å²) in [6.45, 7) is 9.69. The van der Waals surface area contributed by atoms with Crippen molar-refractivity contribution in [1.82, 2.24) is 30.3 Å². The molecule has 1 aromatic heterocycles. The van der Waals surface area contributed by atoms with Gasteiger partial charge in [-0.15, -0.1) is 0 Å². The zero-order chi connectivity index (χ0) is 37.3. The van der Waals surface area contributed by atoms with Gasteiger partial charge >= 0.3 is 0 Å². The van der Waals surface area contributed by atoms with Crippen LogP contribution in [0.5, 0.6) is 11.5 Å². The van der Waals surface area contributed by atoms with Crippen molar-refractivity contribution in [2.75, 3.05) is 71.5 Å². The number of fused-ring (bicyclic) bond motifs is 2. The molecule has 286 valence electrons. The van der Waals surface area contributed by atoms with E-state index in [0.29, 0.717) is 31.0 Å². The van der Waals surface area contributed by atoms with E-state index in [4.69, 9.17) is 9.47 Å². The minimum absolute atomic E-state index is 0.0314. The van der Waals surface area contributed by atoms with Crippen LogP contribution in [-0.4, -0.2) is 110 Å². The van der Waals surface area contributed by atoms with E-state index in [-0.39, 0.29) is 29.7 Å². The number of pyridine rings is 1. The lowest BCUT2D eigenvalue weighted by Gasteiger charge is -2.37. The van der Waals surface area contributed by atoms with E-state index < -0.39 is 6.04 Å². The van der Waals surface area contributed by atoms with Gasteiger partial charge < -0.3 is 34.5 Å². The lowest BCUT2D eigenvalue weighted by molar-refractivity contribution is -0.136. The van der Waals surface area contributed by atoms with Crippen LogP contribution in [-0.2, 0) is 35.6 Å². The van der Waals surface area contributed by atoms with Crippen LogP contribution in [0.15, 0.2) is 41.3 Å². The van der Waals surface area contributed by atoms with Gasteiger partial charge in [0.25, 0.3) is 11.5 Å². The number of carbonyl (C=O) groups is 3. The molecule has 2 aromatic carbocycles. The highest BCUT2D eigenvalue weighted by Gasteiger charge is 2.39. The standard InChI is InChI=1S/C41H51N7O6/c1-53-36-20-27(32-23-43-39(50)33-22-42-11-7-31(32)33)21-37(54-2)34(36)25-46-17-15-45(16-18-46)12-8-26-9-13-47(14-10-26)29-3-4-30-28(19-29)24-48(41(30)52)35-5-6-38(49)44-40(35)51/h3-4,19-21,23,26,35,42H,5-18,22,24-25H2,1-2H3,(H,43,50)(H,44,49,51). The summed E-state index contributed by atoms with van der Waals surface area (Å²) < 4.78 is 11.9. The van der Waals surface area contributed by atoms with Crippen molar-refractivity contribution in [3.63, 3.8) is 0 Å². The van der Waals surface area contributed by atoms with E-state index in [9.17, 15) is 19.2 Å². The van der Waals surface area contributed by atoms with Gasteiger partial charge in [-0.05, 0) is 98.1 Å². The van der Waals surface area contributed by atoms with Gasteiger partial charge in [-0.25, -0.2) is 0 Å². The maximum Gasteiger partial charge on any atom is 0.255 e. The fourth-order valence-corrected chi connectivity index (χ4v) is 9.06. The normalized spacial score (nSPS) is 21.2. The Labute approximate surface area is 316 Å². The lowest BCUT2D eigenvalue weighted by Crippen LogP contribution is -2.52. The largest absolute Gasteiger partial charge is 0.496 e. The Hall–Kier alpha value is -4.72. The van der Waals surface area contributed by atoms with Gasteiger partial charge in [-0.3, -0.25) is 29.4 Å². The van der Waals surface area contributed by atoms with Crippen molar-refractivity contribution >= 4 is 23.4 Å². The highest BCUT2D eigenvalue weighted by Crippen LogP contribution is 2.38. The summed E-state index contributed by atoms with van der Waals surface area (Å²) in [5.74, 6) is 1.52. The SMILES string of the molecule is COc1cc(-c2c[nH]c(=O)c3c2CCNC3)cc(OC)c1CN1CCN(CCC2CCN(c3ccc4c(c3)CN(C3CCC(=O)NC3=O)C4=O)CC2)CC1. The molecule has 13 nitrogen and oxygen atoms in total. The van der Waals surface area contributed by atoms with Crippen molar-refractivity contribution in [2.45, 2.75) is 64.2 Å². The van der Waals surface area contributed by atoms with E-state index in [1.807, 2.05) is 18.3 Å². The predicted octanol–water partition coefficient (Wildman–Crippen LogP) is 2.89. The Bertz CT molecular complexity index is 1960. The second kappa shape index (κ2) is 15.6. The Kier molecular flexibility index (Phi) is 10.5. The fraction of sp³-hybridized carbons (Fsp3) is 0.512. The maximum absolute atomic E-state index is 13.1. The maximum atomic E-state index is 13.1. The van der Waals surface area contributed by atoms with Crippen LogP contribution in [0.2, 0.25) is 0 Å². The lowest BCUT2D eigenvalue weighted by atomic mass is 9.92. The molecule has 0 radical (unpaired) electrons. The Balaban J connectivity index is 0.815. The van der Waals surface area contributed by atoms with Crippen LogP contribution in [0.1, 0.15) is 64.7 Å². The number of nitrogens with zero attached hydrogens (tertiary/aromatic N) is 4. The van der Waals surface area contributed by atoms with Crippen LogP contribution in [0.25, 0.3) is 11.1 Å².